The lowest BCUT2D eigenvalue weighted by molar-refractivity contribution is -0.143. The van der Waals surface area contributed by atoms with E-state index in [4.69, 9.17) is 44.4 Å². The Hall–Kier alpha value is -9.15. The minimum absolute atomic E-state index is 0.0152. The largest absolute Gasteiger partial charge is 0.481 e. The van der Waals surface area contributed by atoms with Gasteiger partial charge in [-0.15, -0.1) is 68.0 Å². The number of thiazole rings is 6. The monoisotopic (exact) mass is 1400 g/mol. The Morgan fingerprint density at radius 2 is 1.37 bits per heavy atom. The minimum Gasteiger partial charge on any atom is -0.481 e. The smallest absolute Gasteiger partial charge is 0.416 e. The van der Waals surface area contributed by atoms with Crippen LogP contribution in [-0.4, -0.2) is 125 Å². The number of benzene rings is 2. The van der Waals surface area contributed by atoms with Crippen LogP contribution in [-0.2, 0) is 37.0 Å². The van der Waals surface area contributed by atoms with Gasteiger partial charge in [-0.3, -0.25) is 33.7 Å². The summed E-state index contributed by atoms with van der Waals surface area (Å²) in [5, 5.41) is 54.1. The molecule has 0 saturated heterocycles. The number of nitrogens with zero attached hydrogens (tertiary/aromatic N) is 8. The number of aryl methyl sites for hydroxylation is 1. The minimum atomic E-state index is -1.31. The number of methoxy groups -OCH3 is 1. The van der Waals surface area contributed by atoms with Crippen molar-refractivity contribution in [2.24, 2.45) is 11.8 Å². The number of aromatic nitrogens is 7. The maximum absolute atomic E-state index is 14.5. The van der Waals surface area contributed by atoms with E-state index in [1.54, 1.807) is 83.0 Å². The van der Waals surface area contributed by atoms with Gasteiger partial charge in [-0.2, -0.15) is 0 Å². The molecule has 32 heteroatoms. The van der Waals surface area contributed by atoms with Gasteiger partial charge in [0.2, 0.25) is 11.8 Å². The number of carbonyl (C=O) groups excluding carboxylic acids is 6. The van der Waals surface area contributed by atoms with E-state index >= 15 is 0 Å². The van der Waals surface area contributed by atoms with E-state index in [2.05, 4.69) is 26.6 Å². The number of pyridine rings is 1. The second-order valence-corrected chi connectivity index (χ2v) is 28.2. The first-order valence-electron chi connectivity index (χ1n) is 29.7. The number of rotatable bonds is 14. The number of ether oxygens (including phenoxy) is 2. The molecule has 7 aromatic heterocycles. The number of carbonyl (C=O) groups is 8. The van der Waals surface area contributed by atoms with Crippen molar-refractivity contribution in [1.29, 1.82) is 0 Å². The molecule has 1 fully saturated rings. The number of hydrogen-bond donors (Lipinski definition) is 8. The van der Waals surface area contributed by atoms with Crippen molar-refractivity contribution < 1.29 is 63.1 Å². The molecule has 0 radical (unpaired) electrons. The van der Waals surface area contributed by atoms with Crippen LogP contribution < -0.4 is 31.5 Å². The van der Waals surface area contributed by atoms with E-state index in [-0.39, 0.29) is 59.0 Å². The first-order valence-corrected chi connectivity index (χ1v) is 34.8. The molecule has 8 N–H and O–H groups in total. The fourth-order valence-corrected chi connectivity index (χ4v) is 16.1. The lowest BCUT2D eigenvalue weighted by Crippen LogP contribution is -2.40. The first-order chi connectivity index (χ1) is 45.7. The molecule has 1 saturated carbocycles. The van der Waals surface area contributed by atoms with Gasteiger partial charge in [0.15, 0.2) is 0 Å². The number of amides is 6. The molecule has 6 amide bonds. The van der Waals surface area contributed by atoms with Gasteiger partial charge in [-0.25, -0.2) is 44.5 Å². The quantitative estimate of drug-likeness (QED) is 0.0502. The topological polar surface area (TPSA) is 369 Å². The van der Waals surface area contributed by atoms with Gasteiger partial charge in [0.25, 0.3) is 17.7 Å². The number of aliphatic hydroxyl groups excluding tert-OH is 1. The van der Waals surface area contributed by atoms with E-state index in [1.165, 1.54) is 53.9 Å². The second kappa shape index (κ2) is 29.6. The maximum atomic E-state index is 14.5. The molecule has 2 aromatic carbocycles. The summed E-state index contributed by atoms with van der Waals surface area (Å²) >= 11 is 6.98. The molecule has 26 nitrogen and oxygen atoms in total. The number of anilines is 1. The third kappa shape index (κ3) is 15.5. The van der Waals surface area contributed by atoms with Crippen LogP contribution in [0.2, 0.25) is 0 Å². The Kier molecular flexibility index (Phi) is 21.0. The summed E-state index contributed by atoms with van der Waals surface area (Å²) in [5.74, 6) is -5.67. The first kappa shape index (κ1) is 67.3. The SMILES string of the molecule is CNC(=O)C[C@@H]1NC(=O)c2csc(n2)-c2ccc(-c3nc(N(Cc4ccc(C(=O)O)cc4)C(=O)O[C@H]4CC[C@H](C(=O)O)CC4)cs3)nc2-c2csc(n2)-c2csc(n2)[C@H]([C@@H](O)c2ccccc2)NC(=O)CNC(=O)c2nc(sc2COC)C(C(C)C)NC(=O)c2nc1sc2C. The third-order valence-corrected chi connectivity index (χ3v) is 21.3. The van der Waals surface area contributed by atoms with Gasteiger partial charge in [-0.05, 0) is 73.9 Å². The third-order valence-electron chi connectivity index (χ3n) is 15.6. The molecule has 11 rings (SSSR count). The number of fused-ring (bicyclic) bond motifs is 14. The average Bonchev–Trinajstić information content (AvgIpc) is 1.72. The fourth-order valence-electron chi connectivity index (χ4n) is 10.5. The van der Waals surface area contributed by atoms with Crippen molar-refractivity contribution in [3.05, 3.63) is 147 Å². The van der Waals surface area contributed by atoms with E-state index in [0.717, 1.165) is 45.3 Å². The van der Waals surface area contributed by atoms with E-state index in [1.807, 2.05) is 13.8 Å². The molecule has 0 spiro atoms. The van der Waals surface area contributed by atoms with Crippen LogP contribution in [0.1, 0.15) is 148 Å². The summed E-state index contributed by atoms with van der Waals surface area (Å²) in [6, 6.07) is 15.3. The molecular formula is C63H61N13O13S6. The molecule has 4 atom stereocenters. The standard InChI is InChI=1S/C63H61N13O13S6/c1-29(2)46-60-75-49(42(95-60)24-88-5)53(81)65-22-45(78)72-50(51(79)32-9-7-6-8-10-32)59-70-41(27-92-59)57-68-39(25-91-57)48-36(55-69-40(26-90-55)52(80)67-38(21-44(77)64-4)58-74-47(30(3)94-58)54(82)73-46)19-20-37(66-48)56-71-43(28-93-56)76(23-31-11-13-33(14-12-31)61(83)84)63(87)89-35-17-15-34(16-18-35)62(85)86/h6-14,19-20,25-29,34-35,38,46,50-51,79H,15-18,21-24H2,1-5H3,(H,64,77)(H,65,81)(H,67,80)(H,72,78)(H,73,82)(H,83,84)(H,85,86)/t34-,35-,38-,46?,50-,51-/m0/s1. The molecule has 95 heavy (non-hydrogen) atoms. The summed E-state index contributed by atoms with van der Waals surface area (Å²) < 4.78 is 11.5. The Bertz CT molecular complexity index is 4350. The van der Waals surface area contributed by atoms with Crippen molar-refractivity contribution in [3.63, 3.8) is 0 Å². The second-order valence-electron chi connectivity index (χ2n) is 22.4. The van der Waals surface area contributed by atoms with Gasteiger partial charge in [0.05, 0.1) is 60.3 Å². The highest BCUT2D eigenvalue weighted by atomic mass is 32.1. The number of carboxylic acid groups (broad SMARTS) is 2. The normalized spacial score (nSPS) is 18.2. The molecule has 492 valence electrons. The Morgan fingerprint density at radius 1 is 0.674 bits per heavy atom. The van der Waals surface area contributed by atoms with Crippen LogP contribution >= 0.6 is 68.0 Å². The number of aliphatic carboxylic acids is 1. The van der Waals surface area contributed by atoms with Crippen molar-refractivity contribution in [1.82, 2.24) is 61.5 Å². The Morgan fingerprint density at radius 3 is 2.08 bits per heavy atom. The highest BCUT2D eigenvalue weighted by Gasteiger charge is 2.35. The molecular weight excluding hydrogens is 1340 g/mol. The van der Waals surface area contributed by atoms with E-state index in [9.17, 15) is 53.7 Å². The number of nitrogens with one attached hydrogen (secondary N) is 5. The highest BCUT2D eigenvalue weighted by Crippen LogP contribution is 2.41. The van der Waals surface area contributed by atoms with Crippen LogP contribution in [0.25, 0.3) is 43.4 Å². The van der Waals surface area contributed by atoms with Crippen LogP contribution in [0.15, 0.2) is 88.3 Å². The van der Waals surface area contributed by atoms with E-state index < -0.39 is 90.4 Å². The number of carboxylic acids is 2. The Labute approximate surface area is 566 Å². The molecule has 10 bridgehead atoms. The molecule has 1 aliphatic carbocycles. The highest BCUT2D eigenvalue weighted by molar-refractivity contribution is 7.15. The zero-order chi connectivity index (χ0) is 67.2. The lowest BCUT2D eigenvalue weighted by Gasteiger charge is -2.28. The lowest BCUT2D eigenvalue weighted by atomic mass is 9.87. The van der Waals surface area contributed by atoms with E-state index in [0.29, 0.717) is 99.9 Å². The summed E-state index contributed by atoms with van der Waals surface area (Å²) in [6.07, 6.45) is -1.52. The molecule has 8 heterocycles. The fraction of sp³-hybridized carbons (Fsp3) is 0.317. The Balaban J connectivity index is 0.980. The summed E-state index contributed by atoms with van der Waals surface area (Å²) in [7, 11) is 2.92. The van der Waals surface area contributed by atoms with Gasteiger partial charge in [0.1, 0.15) is 88.3 Å². The molecule has 1 aliphatic heterocycles. The van der Waals surface area contributed by atoms with Crippen LogP contribution in [0.5, 0.6) is 0 Å². The van der Waals surface area contributed by atoms with Crippen LogP contribution in [0.3, 0.4) is 0 Å². The molecule has 9 aromatic rings. The number of aromatic carboxylic acids is 1. The summed E-state index contributed by atoms with van der Waals surface area (Å²) in [4.78, 5) is 144. The zero-order valence-corrected chi connectivity index (χ0v) is 56.2. The predicted molar refractivity (Wildman–Crippen MR) is 356 cm³/mol. The van der Waals surface area contributed by atoms with Crippen molar-refractivity contribution in [2.75, 3.05) is 25.6 Å². The van der Waals surface area contributed by atoms with Crippen molar-refractivity contribution in [3.8, 4) is 43.4 Å². The van der Waals surface area contributed by atoms with Crippen molar-refractivity contribution in [2.45, 2.75) is 96.4 Å². The van der Waals surface area contributed by atoms with Gasteiger partial charge in [0, 0.05) is 46.1 Å². The predicted octanol–water partition coefficient (Wildman–Crippen LogP) is 9.80. The maximum Gasteiger partial charge on any atom is 0.416 e. The van der Waals surface area contributed by atoms with Crippen LogP contribution in [0, 0.1) is 18.8 Å². The average molecular weight is 1400 g/mol. The zero-order valence-electron chi connectivity index (χ0n) is 51.3. The van der Waals surface area contributed by atoms with Crippen LogP contribution in [0.4, 0.5) is 10.6 Å². The summed E-state index contributed by atoms with van der Waals surface area (Å²) in [6.45, 7) is 4.81. The van der Waals surface area contributed by atoms with Gasteiger partial charge >= 0.3 is 18.0 Å². The van der Waals surface area contributed by atoms with Gasteiger partial charge < -0.3 is 51.4 Å². The van der Waals surface area contributed by atoms with Crippen molar-refractivity contribution >= 4 is 121 Å². The van der Waals surface area contributed by atoms with Gasteiger partial charge in [-0.1, -0.05) is 56.3 Å². The number of hydrogen-bond acceptors (Lipinski definition) is 24. The molecule has 1 unspecified atom stereocenters. The number of aliphatic hydroxyl groups is 1. The summed E-state index contributed by atoms with van der Waals surface area (Å²) in [5.41, 5.74) is 2.91. The molecule has 2 aliphatic rings.